The van der Waals surface area contributed by atoms with Crippen molar-refractivity contribution in [3.05, 3.63) is 85.2 Å². The van der Waals surface area contributed by atoms with Gasteiger partial charge in [0.05, 0.1) is 17.3 Å². The van der Waals surface area contributed by atoms with Crippen molar-refractivity contribution in [2.24, 2.45) is 0 Å². The molecule has 0 bridgehead atoms. The number of anilines is 1. The van der Waals surface area contributed by atoms with Gasteiger partial charge in [0, 0.05) is 21.9 Å². The van der Waals surface area contributed by atoms with Crippen molar-refractivity contribution < 1.29 is 9.59 Å². The maximum Gasteiger partial charge on any atom is 0.276 e. The molecule has 1 heterocycles. The highest BCUT2D eigenvalue weighted by atomic mass is 79.9. The molecule has 7 nitrogen and oxygen atoms in total. The smallest absolute Gasteiger partial charge is 0.276 e. The molecule has 0 radical (unpaired) electrons. The molecule has 0 aliphatic heterocycles. The third kappa shape index (κ3) is 4.95. The quantitative estimate of drug-likeness (QED) is 0.572. The van der Waals surface area contributed by atoms with Gasteiger partial charge in [0.2, 0.25) is 11.3 Å². The number of aryl methyl sites for hydroxylation is 2. The summed E-state index contributed by atoms with van der Waals surface area (Å²) in [6, 6.07) is 13.7. The van der Waals surface area contributed by atoms with Crippen LogP contribution >= 0.6 is 27.5 Å². The molecule has 0 atom stereocenters. The average molecular weight is 490 g/mol. The Morgan fingerprint density at radius 1 is 1.13 bits per heavy atom. The van der Waals surface area contributed by atoms with Crippen molar-refractivity contribution in [3.63, 3.8) is 0 Å². The molecule has 0 aliphatic rings. The number of carbonyl (C=O) groups excluding carboxylic acids is 2. The first kappa shape index (κ1) is 21.7. The molecule has 3 aromatic rings. The summed E-state index contributed by atoms with van der Waals surface area (Å²) in [5, 5.41) is 9.73. The Kier molecular flexibility index (Phi) is 6.69. The van der Waals surface area contributed by atoms with Crippen LogP contribution in [0.15, 0.2) is 57.8 Å². The van der Waals surface area contributed by atoms with Crippen molar-refractivity contribution in [2.45, 2.75) is 13.8 Å². The number of para-hydroxylation sites is 1. The Hall–Kier alpha value is -2.97. The monoisotopic (exact) mass is 488 g/mol. The van der Waals surface area contributed by atoms with E-state index in [0.29, 0.717) is 22.1 Å². The third-order valence-electron chi connectivity index (χ3n) is 4.28. The normalized spacial score (nSPS) is 10.5. The summed E-state index contributed by atoms with van der Waals surface area (Å²) in [6.45, 7) is 3.23. The first-order chi connectivity index (χ1) is 14.3. The second-order valence-electron chi connectivity index (χ2n) is 6.55. The lowest BCUT2D eigenvalue weighted by molar-refractivity contribution is -0.115. The van der Waals surface area contributed by atoms with Crippen LogP contribution in [0.5, 0.6) is 0 Å². The topological polar surface area (TPSA) is 93.1 Å². The number of amides is 2. The van der Waals surface area contributed by atoms with E-state index in [1.165, 1.54) is 10.7 Å². The van der Waals surface area contributed by atoms with Crippen molar-refractivity contribution in [3.8, 4) is 5.69 Å². The van der Waals surface area contributed by atoms with Gasteiger partial charge < -0.3 is 10.6 Å². The summed E-state index contributed by atoms with van der Waals surface area (Å²) in [7, 11) is 0. The van der Waals surface area contributed by atoms with Gasteiger partial charge in [0.25, 0.3) is 5.91 Å². The molecule has 2 amide bonds. The Morgan fingerprint density at radius 3 is 2.57 bits per heavy atom. The number of carbonyl (C=O) groups is 2. The molecule has 1 aromatic heterocycles. The number of rotatable bonds is 5. The lowest BCUT2D eigenvalue weighted by Gasteiger charge is -2.13. The number of hydrogen-bond donors (Lipinski definition) is 2. The molecular weight excluding hydrogens is 472 g/mol. The predicted octanol–water partition coefficient (Wildman–Crippen LogP) is 3.63. The van der Waals surface area contributed by atoms with Crippen LogP contribution in [0.4, 0.5) is 5.69 Å². The second kappa shape index (κ2) is 9.23. The van der Waals surface area contributed by atoms with Gasteiger partial charge in [0.1, 0.15) is 0 Å². The van der Waals surface area contributed by atoms with Gasteiger partial charge >= 0.3 is 0 Å². The van der Waals surface area contributed by atoms with Gasteiger partial charge in [-0.2, -0.15) is 5.10 Å². The standard InChI is InChI=1S/C21H18BrClN4O3/c1-12-9-14(22)7-8-16(12)25-19(29)11-24-21(30)20-18(28)10-13(2)27(26-20)17-6-4-3-5-15(17)23/h3-10H,11H2,1-2H3,(H,24,30)(H,25,29). The van der Waals surface area contributed by atoms with E-state index in [4.69, 9.17) is 11.6 Å². The largest absolute Gasteiger partial charge is 0.341 e. The molecule has 0 unspecified atom stereocenters. The predicted molar refractivity (Wildman–Crippen MR) is 119 cm³/mol. The maximum absolute atomic E-state index is 12.5. The first-order valence-electron chi connectivity index (χ1n) is 8.96. The van der Waals surface area contributed by atoms with Crippen LogP contribution in [0.1, 0.15) is 21.7 Å². The molecule has 2 N–H and O–H groups in total. The Morgan fingerprint density at radius 2 is 1.87 bits per heavy atom. The SMILES string of the molecule is Cc1cc(Br)ccc1NC(=O)CNC(=O)c1nn(-c2ccccc2Cl)c(C)cc1=O. The summed E-state index contributed by atoms with van der Waals surface area (Å²) >= 11 is 9.57. The third-order valence-corrected chi connectivity index (χ3v) is 5.09. The van der Waals surface area contributed by atoms with Gasteiger partial charge in [-0.3, -0.25) is 14.4 Å². The summed E-state index contributed by atoms with van der Waals surface area (Å²) < 4.78 is 2.32. The molecule has 0 fully saturated rings. The zero-order chi connectivity index (χ0) is 21.8. The number of hydrogen-bond acceptors (Lipinski definition) is 4. The van der Waals surface area contributed by atoms with Crippen molar-refractivity contribution in [2.75, 3.05) is 11.9 Å². The Balaban J connectivity index is 1.75. The van der Waals surface area contributed by atoms with Crippen LogP contribution < -0.4 is 16.1 Å². The van der Waals surface area contributed by atoms with Crippen molar-refractivity contribution in [1.82, 2.24) is 15.1 Å². The fourth-order valence-electron chi connectivity index (χ4n) is 2.78. The highest BCUT2D eigenvalue weighted by Crippen LogP contribution is 2.20. The molecule has 0 aliphatic carbocycles. The van der Waals surface area contributed by atoms with E-state index in [2.05, 4.69) is 31.7 Å². The minimum Gasteiger partial charge on any atom is -0.341 e. The van der Waals surface area contributed by atoms with Crippen molar-refractivity contribution in [1.29, 1.82) is 0 Å². The van der Waals surface area contributed by atoms with Crippen LogP contribution in [0.25, 0.3) is 5.69 Å². The lowest BCUT2D eigenvalue weighted by atomic mass is 10.2. The van der Waals surface area contributed by atoms with E-state index in [-0.39, 0.29) is 12.2 Å². The van der Waals surface area contributed by atoms with Gasteiger partial charge in [-0.25, -0.2) is 4.68 Å². The van der Waals surface area contributed by atoms with Gasteiger partial charge in [-0.1, -0.05) is 39.7 Å². The number of nitrogens with one attached hydrogen (secondary N) is 2. The summed E-state index contributed by atoms with van der Waals surface area (Å²) in [4.78, 5) is 37.0. The van der Waals surface area contributed by atoms with Crippen LogP contribution in [-0.2, 0) is 4.79 Å². The average Bonchev–Trinajstić information content (AvgIpc) is 2.69. The molecule has 3 rings (SSSR count). The van der Waals surface area contributed by atoms with E-state index in [0.717, 1.165) is 10.0 Å². The lowest BCUT2D eigenvalue weighted by Crippen LogP contribution is -2.37. The van der Waals surface area contributed by atoms with Crippen LogP contribution in [0.2, 0.25) is 5.02 Å². The summed E-state index contributed by atoms with van der Waals surface area (Å²) in [5.41, 5.74) is 1.69. The Bertz CT molecular complexity index is 1190. The highest BCUT2D eigenvalue weighted by Gasteiger charge is 2.17. The van der Waals surface area contributed by atoms with Crippen molar-refractivity contribution >= 4 is 45.0 Å². The maximum atomic E-state index is 12.5. The number of nitrogens with zero attached hydrogens (tertiary/aromatic N) is 2. The van der Waals surface area contributed by atoms with Crippen LogP contribution in [0, 0.1) is 13.8 Å². The molecule has 2 aromatic carbocycles. The molecule has 0 saturated heterocycles. The molecule has 154 valence electrons. The Labute approximate surface area is 186 Å². The number of aromatic nitrogens is 2. The zero-order valence-electron chi connectivity index (χ0n) is 16.2. The fourth-order valence-corrected chi connectivity index (χ4v) is 3.47. The van der Waals surface area contributed by atoms with E-state index < -0.39 is 17.2 Å². The zero-order valence-corrected chi connectivity index (χ0v) is 18.5. The van der Waals surface area contributed by atoms with Crippen LogP contribution in [-0.4, -0.2) is 28.1 Å². The molecule has 30 heavy (non-hydrogen) atoms. The molecular formula is C21H18BrClN4O3. The van der Waals surface area contributed by atoms with Gasteiger partial charge in [-0.15, -0.1) is 0 Å². The first-order valence-corrected chi connectivity index (χ1v) is 10.1. The molecule has 0 saturated carbocycles. The van der Waals surface area contributed by atoms with Gasteiger partial charge in [-0.05, 0) is 49.7 Å². The summed E-state index contributed by atoms with van der Waals surface area (Å²) in [6.07, 6.45) is 0. The molecule has 0 spiro atoms. The fraction of sp³-hybridized carbons (Fsp3) is 0.143. The minimum absolute atomic E-state index is 0.310. The highest BCUT2D eigenvalue weighted by molar-refractivity contribution is 9.10. The van der Waals surface area contributed by atoms with E-state index >= 15 is 0 Å². The molecule has 9 heteroatoms. The minimum atomic E-state index is -0.747. The van der Waals surface area contributed by atoms with E-state index in [1.54, 1.807) is 43.3 Å². The number of halogens is 2. The second-order valence-corrected chi connectivity index (χ2v) is 7.87. The van der Waals surface area contributed by atoms with Crippen LogP contribution in [0.3, 0.4) is 0 Å². The van der Waals surface area contributed by atoms with E-state index in [9.17, 15) is 14.4 Å². The van der Waals surface area contributed by atoms with E-state index in [1.807, 2.05) is 13.0 Å². The summed E-state index contributed by atoms with van der Waals surface area (Å²) in [5.74, 6) is -1.17. The van der Waals surface area contributed by atoms with Gasteiger partial charge in [0.15, 0.2) is 5.69 Å². The number of benzene rings is 2.